The van der Waals surface area contributed by atoms with Gasteiger partial charge in [0.25, 0.3) is 5.91 Å². The summed E-state index contributed by atoms with van der Waals surface area (Å²) in [6.07, 6.45) is 0.366. The average molecular weight is 402 g/mol. The first-order chi connectivity index (χ1) is 14.5. The van der Waals surface area contributed by atoms with Crippen LogP contribution in [0, 0.1) is 5.82 Å². The fraction of sp³-hybridized carbons (Fsp3) is 0.167. The molecule has 30 heavy (non-hydrogen) atoms. The SMILES string of the molecule is CC12CC(c3ccccc3O1)N(C(=O)c1ccccc1F)C(=O)N2c1ccccc1. The Morgan fingerprint density at radius 3 is 2.43 bits per heavy atom. The molecule has 0 aromatic heterocycles. The first-order valence-electron chi connectivity index (χ1n) is 9.75. The van der Waals surface area contributed by atoms with Crippen molar-refractivity contribution in [3.63, 3.8) is 0 Å². The number of urea groups is 1. The van der Waals surface area contributed by atoms with Crippen molar-refractivity contribution in [2.24, 2.45) is 0 Å². The number of carbonyl (C=O) groups is 2. The number of fused-ring (bicyclic) bond motifs is 4. The Morgan fingerprint density at radius 1 is 1.00 bits per heavy atom. The Balaban J connectivity index is 1.69. The van der Waals surface area contributed by atoms with Gasteiger partial charge >= 0.3 is 6.03 Å². The Morgan fingerprint density at radius 2 is 1.67 bits per heavy atom. The van der Waals surface area contributed by atoms with Crippen LogP contribution >= 0.6 is 0 Å². The number of hydrogen-bond donors (Lipinski definition) is 0. The van der Waals surface area contributed by atoms with Crippen LogP contribution in [0.3, 0.4) is 0 Å². The molecule has 150 valence electrons. The van der Waals surface area contributed by atoms with Crippen LogP contribution in [0.1, 0.15) is 35.3 Å². The van der Waals surface area contributed by atoms with Gasteiger partial charge in [0.15, 0.2) is 5.72 Å². The smallest absolute Gasteiger partial charge is 0.335 e. The number of para-hydroxylation sites is 2. The molecule has 0 aliphatic carbocycles. The van der Waals surface area contributed by atoms with E-state index in [2.05, 4.69) is 0 Å². The van der Waals surface area contributed by atoms with Crippen LogP contribution in [-0.2, 0) is 0 Å². The van der Waals surface area contributed by atoms with E-state index in [0.29, 0.717) is 17.9 Å². The molecular formula is C24H19FN2O3. The van der Waals surface area contributed by atoms with E-state index < -0.39 is 29.5 Å². The quantitative estimate of drug-likeness (QED) is 0.596. The number of amides is 3. The average Bonchev–Trinajstić information content (AvgIpc) is 2.74. The molecule has 2 unspecified atom stereocenters. The molecule has 3 amide bonds. The number of anilines is 1. The fourth-order valence-electron chi connectivity index (χ4n) is 4.36. The predicted molar refractivity (Wildman–Crippen MR) is 110 cm³/mol. The van der Waals surface area contributed by atoms with Crippen molar-refractivity contribution in [2.45, 2.75) is 25.1 Å². The van der Waals surface area contributed by atoms with E-state index in [1.54, 1.807) is 18.2 Å². The molecular weight excluding hydrogens is 383 g/mol. The highest BCUT2D eigenvalue weighted by molar-refractivity contribution is 6.10. The zero-order chi connectivity index (χ0) is 20.9. The minimum Gasteiger partial charge on any atom is -0.467 e. The van der Waals surface area contributed by atoms with E-state index in [1.807, 2.05) is 49.4 Å². The first-order valence-corrected chi connectivity index (χ1v) is 9.75. The molecule has 2 aliphatic rings. The third-order valence-electron chi connectivity index (χ3n) is 5.70. The zero-order valence-corrected chi connectivity index (χ0v) is 16.3. The van der Waals surface area contributed by atoms with Crippen LogP contribution in [0.4, 0.5) is 14.9 Å². The monoisotopic (exact) mass is 402 g/mol. The molecule has 2 heterocycles. The summed E-state index contributed by atoms with van der Waals surface area (Å²) in [6, 6.07) is 21.0. The lowest BCUT2D eigenvalue weighted by Crippen LogP contribution is -2.67. The van der Waals surface area contributed by atoms with E-state index >= 15 is 0 Å². The first kappa shape index (κ1) is 18.4. The summed E-state index contributed by atoms with van der Waals surface area (Å²) >= 11 is 0. The second-order valence-corrected chi connectivity index (χ2v) is 7.64. The number of nitrogens with zero attached hydrogens (tertiary/aromatic N) is 2. The summed E-state index contributed by atoms with van der Waals surface area (Å²) < 4.78 is 20.7. The third kappa shape index (κ3) is 2.68. The van der Waals surface area contributed by atoms with Crippen molar-refractivity contribution >= 4 is 17.6 Å². The van der Waals surface area contributed by atoms with Gasteiger partial charge in [0.05, 0.1) is 11.6 Å². The number of rotatable bonds is 2. The number of carbonyl (C=O) groups excluding carboxylic acids is 2. The molecule has 2 atom stereocenters. The second-order valence-electron chi connectivity index (χ2n) is 7.64. The molecule has 3 aromatic rings. The van der Waals surface area contributed by atoms with Crippen molar-refractivity contribution in [3.8, 4) is 5.75 Å². The summed E-state index contributed by atoms with van der Waals surface area (Å²) in [7, 11) is 0. The zero-order valence-electron chi connectivity index (χ0n) is 16.3. The van der Waals surface area contributed by atoms with Crippen molar-refractivity contribution in [3.05, 3.63) is 95.8 Å². The van der Waals surface area contributed by atoms with Crippen molar-refractivity contribution < 1.29 is 18.7 Å². The van der Waals surface area contributed by atoms with Crippen LogP contribution in [0.25, 0.3) is 0 Å². The standard InChI is InChI=1S/C24H19FN2O3/c1-24-15-20(18-12-6-8-14-21(18)30-24)26(22(28)17-11-5-7-13-19(17)25)23(29)27(24)16-9-3-2-4-10-16/h2-14,20H,15H2,1H3. The molecule has 2 bridgehead atoms. The van der Waals surface area contributed by atoms with Gasteiger partial charge in [0.1, 0.15) is 11.6 Å². The van der Waals surface area contributed by atoms with Gasteiger partial charge < -0.3 is 4.74 Å². The molecule has 0 N–H and O–H groups in total. The van der Waals surface area contributed by atoms with Gasteiger partial charge in [-0.3, -0.25) is 14.6 Å². The van der Waals surface area contributed by atoms with Gasteiger partial charge in [0.2, 0.25) is 0 Å². The van der Waals surface area contributed by atoms with Crippen LogP contribution in [0.15, 0.2) is 78.9 Å². The van der Waals surface area contributed by atoms with Crippen LogP contribution in [-0.4, -0.2) is 22.6 Å². The lowest BCUT2D eigenvalue weighted by molar-refractivity contribution is 0.00256. The molecule has 1 fully saturated rings. The van der Waals surface area contributed by atoms with Gasteiger partial charge in [-0.25, -0.2) is 9.18 Å². The maximum Gasteiger partial charge on any atom is 0.335 e. The number of halogens is 1. The van der Waals surface area contributed by atoms with E-state index in [9.17, 15) is 14.0 Å². The Labute approximate surface area is 173 Å². The van der Waals surface area contributed by atoms with Crippen LogP contribution in [0.5, 0.6) is 5.75 Å². The maximum atomic E-state index is 14.4. The predicted octanol–water partition coefficient (Wildman–Crippen LogP) is 5.15. The van der Waals surface area contributed by atoms with Gasteiger partial charge in [0, 0.05) is 17.7 Å². The summed E-state index contributed by atoms with van der Waals surface area (Å²) in [5.74, 6) is -0.714. The van der Waals surface area contributed by atoms with Crippen LogP contribution in [0.2, 0.25) is 0 Å². The highest BCUT2D eigenvalue weighted by Gasteiger charge is 2.55. The van der Waals surface area contributed by atoms with Gasteiger partial charge in [-0.05, 0) is 37.3 Å². The summed E-state index contributed by atoms with van der Waals surface area (Å²) in [6.45, 7) is 1.84. The number of benzene rings is 3. The summed E-state index contributed by atoms with van der Waals surface area (Å²) in [5, 5.41) is 0. The molecule has 2 aliphatic heterocycles. The van der Waals surface area contributed by atoms with E-state index in [-0.39, 0.29) is 5.56 Å². The summed E-state index contributed by atoms with van der Waals surface area (Å²) in [5.41, 5.74) is 0.227. The van der Waals surface area contributed by atoms with Crippen molar-refractivity contribution in [1.82, 2.24) is 4.90 Å². The molecule has 1 saturated heterocycles. The number of ether oxygens (including phenoxy) is 1. The Kier molecular flexibility index (Phi) is 4.10. The highest BCUT2D eigenvalue weighted by atomic mass is 19.1. The number of hydrogen-bond acceptors (Lipinski definition) is 3. The topological polar surface area (TPSA) is 49.9 Å². The van der Waals surface area contributed by atoms with E-state index in [1.165, 1.54) is 23.1 Å². The van der Waals surface area contributed by atoms with Crippen molar-refractivity contribution in [1.29, 1.82) is 0 Å². The molecule has 0 radical (unpaired) electrons. The normalized spacial score (nSPS) is 22.3. The molecule has 5 rings (SSSR count). The second kappa shape index (κ2) is 6.69. The van der Waals surface area contributed by atoms with E-state index in [0.717, 1.165) is 10.5 Å². The van der Waals surface area contributed by atoms with Crippen LogP contribution < -0.4 is 9.64 Å². The van der Waals surface area contributed by atoms with Crippen molar-refractivity contribution in [2.75, 3.05) is 4.90 Å². The lowest BCUT2D eigenvalue weighted by Gasteiger charge is -2.53. The van der Waals surface area contributed by atoms with E-state index in [4.69, 9.17) is 4.74 Å². The fourth-order valence-corrected chi connectivity index (χ4v) is 4.36. The molecule has 5 nitrogen and oxygen atoms in total. The minimum atomic E-state index is -0.983. The van der Waals surface area contributed by atoms with Gasteiger partial charge in [-0.2, -0.15) is 0 Å². The van der Waals surface area contributed by atoms with Gasteiger partial charge in [-0.15, -0.1) is 0 Å². The lowest BCUT2D eigenvalue weighted by atomic mass is 9.88. The Bertz CT molecular complexity index is 1150. The summed E-state index contributed by atoms with van der Waals surface area (Å²) in [4.78, 5) is 29.8. The molecule has 0 spiro atoms. The molecule has 0 saturated carbocycles. The largest absolute Gasteiger partial charge is 0.467 e. The highest BCUT2D eigenvalue weighted by Crippen LogP contribution is 2.49. The maximum absolute atomic E-state index is 14.4. The Hall–Kier alpha value is -3.67. The van der Waals surface area contributed by atoms with Gasteiger partial charge in [-0.1, -0.05) is 48.5 Å². The minimum absolute atomic E-state index is 0.133. The molecule has 3 aromatic carbocycles. The molecule has 6 heteroatoms. The third-order valence-corrected chi connectivity index (χ3v) is 5.70. The number of imide groups is 1.